The van der Waals surface area contributed by atoms with E-state index < -0.39 is 31.5 Å². The van der Waals surface area contributed by atoms with Crippen molar-refractivity contribution in [2.45, 2.75) is 4.90 Å². The Balaban J connectivity index is 3.60. The Morgan fingerprint density at radius 1 is 1.31 bits per heavy atom. The first-order valence-corrected chi connectivity index (χ1v) is 5.91. The van der Waals surface area contributed by atoms with Crippen LogP contribution in [0.2, 0.25) is 10.0 Å². The van der Waals surface area contributed by atoms with Gasteiger partial charge in [0, 0.05) is 5.02 Å². The summed E-state index contributed by atoms with van der Waals surface area (Å²) in [6.07, 6.45) is 0. The number of carboxylic acid groups (broad SMARTS) is 1. The summed E-state index contributed by atoms with van der Waals surface area (Å²) in [7, 11) is -4.28. The van der Waals surface area contributed by atoms with E-state index in [2.05, 4.69) is 0 Å². The second-order valence-corrected chi connectivity index (χ2v) is 5.11. The first kappa shape index (κ1) is 13.2. The molecule has 88 valence electrons. The van der Waals surface area contributed by atoms with E-state index in [4.69, 9.17) is 33.5 Å². The molecule has 9 heteroatoms. The summed E-state index contributed by atoms with van der Waals surface area (Å²) in [5, 5.41) is 16.5. The quantitative estimate of drug-likeness (QED) is 0.728. The molecule has 6 nitrogen and oxygen atoms in total. The molecule has 1 aromatic rings. The molecule has 0 saturated carbocycles. The fraction of sp³-hybridized carbons (Fsp3) is 0. The average molecular weight is 286 g/mol. The predicted octanol–water partition coefficient (Wildman–Crippen LogP) is 1.36. The van der Waals surface area contributed by atoms with Crippen LogP contribution in [-0.2, 0) is 10.0 Å². The van der Waals surface area contributed by atoms with Gasteiger partial charge in [-0.3, -0.25) is 0 Å². The van der Waals surface area contributed by atoms with Crippen LogP contribution >= 0.6 is 23.2 Å². The van der Waals surface area contributed by atoms with E-state index in [-0.39, 0.29) is 5.02 Å². The second kappa shape index (κ2) is 4.56. The lowest BCUT2D eigenvalue weighted by Gasteiger charge is -2.07. The fourth-order valence-corrected chi connectivity index (χ4v) is 2.47. The number of hydrogen-bond acceptors (Lipinski definition) is 4. The van der Waals surface area contributed by atoms with Gasteiger partial charge in [-0.25, -0.2) is 13.2 Å². The number of aromatic carboxylic acids is 1. The molecule has 0 spiro atoms. The average Bonchev–Trinajstić information content (AvgIpc) is 2.20. The highest BCUT2D eigenvalue weighted by atomic mass is 35.5. The standard InChI is InChI=1S/C7H5Cl2NO5S/c8-3-1-4(7(11)12)6(9)5(2-3)16(14,15)10-13/h1-2,10,13H,(H,11,12). The maximum Gasteiger partial charge on any atom is 0.337 e. The maximum absolute atomic E-state index is 11.3. The molecule has 3 N–H and O–H groups in total. The van der Waals surface area contributed by atoms with Crippen LogP contribution in [0.3, 0.4) is 0 Å². The SMILES string of the molecule is O=C(O)c1cc(Cl)cc(S(=O)(=O)NO)c1Cl. The van der Waals surface area contributed by atoms with Gasteiger partial charge in [-0.05, 0) is 12.1 Å². The Morgan fingerprint density at radius 2 is 1.88 bits per heavy atom. The lowest BCUT2D eigenvalue weighted by Crippen LogP contribution is -2.20. The summed E-state index contributed by atoms with van der Waals surface area (Å²) in [5.41, 5.74) is -0.469. The minimum Gasteiger partial charge on any atom is -0.478 e. The second-order valence-electron chi connectivity index (χ2n) is 2.67. The molecular formula is C7H5Cl2NO5S. The molecular weight excluding hydrogens is 281 g/mol. The summed E-state index contributed by atoms with van der Waals surface area (Å²) in [6.45, 7) is 0. The van der Waals surface area contributed by atoms with Gasteiger partial charge in [0.05, 0.1) is 10.6 Å². The zero-order valence-corrected chi connectivity index (χ0v) is 9.77. The molecule has 0 fully saturated rings. The van der Waals surface area contributed by atoms with Gasteiger partial charge in [-0.1, -0.05) is 28.1 Å². The number of hydrogen-bond donors (Lipinski definition) is 3. The van der Waals surface area contributed by atoms with E-state index in [1.807, 2.05) is 0 Å². The van der Waals surface area contributed by atoms with Gasteiger partial charge >= 0.3 is 5.97 Å². The van der Waals surface area contributed by atoms with Crippen LogP contribution in [0.1, 0.15) is 10.4 Å². The van der Waals surface area contributed by atoms with Crippen molar-refractivity contribution in [2.24, 2.45) is 0 Å². The summed E-state index contributed by atoms with van der Waals surface area (Å²) in [4.78, 5) is 11.1. The van der Waals surface area contributed by atoms with Crippen LogP contribution in [0.15, 0.2) is 17.0 Å². The molecule has 0 aliphatic rings. The Bertz CT molecular complexity index is 542. The normalized spacial score (nSPS) is 11.4. The predicted molar refractivity (Wildman–Crippen MR) is 55.5 cm³/mol. The van der Waals surface area contributed by atoms with Gasteiger partial charge in [0.2, 0.25) is 0 Å². The van der Waals surface area contributed by atoms with Gasteiger partial charge in [0.1, 0.15) is 4.90 Å². The van der Waals surface area contributed by atoms with Gasteiger partial charge in [0.15, 0.2) is 0 Å². The van der Waals surface area contributed by atoms with Gasteiger partial charge in [-0.2, -0.15) is 0 Å². The molecule has 0 aliphatic carbocycles. The molecule has 0 bridgehead atoms. The van der Waals surface area contributed by atoms with E-state index >= 15 is 0 Å². The Morgan fingerprint density at radius 3 is 2.31 bits per heavy atom. The fourth-order valence-electron chi connectivity index (χ4n) is 0.965. The lowest BCUT2D eigenvalue weighted by atomic mass is 10.2. The van der Waals surface area contributed by atoms with Crippen molar-refractivity contribution >= 4 is 39.2 Å². The minimum absolute atomic E-state index is 0.129. The summed E-state index contributed by atoms with van der Waals surface area (Å²) in [5.74, 6) is -1.43. The topological polar surface area (TPSA) is 104 Å². The van der Waals surface area contributed by atoms with E-state index in [1.54, 1.807) is 0 Å². The maximum atomic E-state index is 11.3. The number of halogens is 2. The highest BCUT2D eigenvalue weighted by molar-refractivity contribution is 7.89. The number of sulfonamides is 1. The zero-order chi connectivity index (χ0) is 12.5. The molecule has 16 heavy (non-hydrogen) atoms. The third kappa shape index (κ3) is 2.45. The smallest absolute Gasteiger partial charge is 0.337 e. The van der Waals surface area contributed by atoms with Crippen LogP contribution in [0, 0.1) is 0 Å². The third-order valence-corrected chi connectivity index (χ3v) is 3.52. The summed E-state index contributed by atoms with van der Waals surface area (Å²) >= 11 is 11.1. The van der Waals surface area contributed by atoms with Crippen molar-refractivity contribution in [3.8, 4) is 0 Å². The van der Waals surface area contributed by atoms with Crippen molar-refractivity contribution in [2.75, 3.05) is 0 Å². The molecule has 0 aliphatic heterocycles. The Hall–Kier alpha value is -0.860. The largest absolute Gasteiger partial charge is 0.478 e. The molecule has 0 radical (unpaired) electrons. The first-order chi connectivity index (χ1) is 7.29. The van der Waals surface area contributed by atoms with Crippen LogP contribution in [0.4, 0.5) is 0 Å². The van der Waals surface area contributed by atoms with Gasteiger partial charge in [0.25, 0.3) is 10.0 Å². The van der Waals surface area contributed by atoms with Crippen molar-refractivity contribution in [1.29, 1.82) is 0 Å². The molecule has 0 amide bonds. The number of rotatable bonds is 3. The van der Waals surface area contributed by atoms with Crippen molar-refractivity contribution in [3.63, 3.8) is 0 Å². The number of benzene rings is 1. The molecule has 1 rings (SSSR count). The Kier molecular flexibility index (Phi) is 3.76. The number of nitrogens with one attached hydrogen (secondary N) is 1. The van der Waals surface area contributed by atoms with E-state index in [1.165, 1.54) is 0 Å². The van der Waals surface area contributed by atoms with E-state index in [0.29, 0.717) is 0 Å². The van der Waals surface area contributed by atoms with E-state index in [0.717, 1.165) is 17.0 Å². The molecule has 0 saturated heterocycles. The minimum atomic E-state index is -4.28. The highest BCUT2D eigenvalue weighted by Gasteiger charge is 2.23. The van der Waals surface area contributed by atoms with Crippen molar-refractivity contribution in [3.05, 3.63) is 27.7 Å². The number of carbonyl (C=O) groups is 1. The molecule has 0 unspecified atom stereocenters. The summed E-state index contributed by atoms with van der Waals surface area (Å²) in [6, 6.07) is 1.93. The van der Waals surface area contributed by atoms with Gasteiger partial charge < -0.3 is 10.3 Å². The lowest BCUT2D eigenvalue weighted by molar-refractivity contribution is 0.0697. The van der Waals surface area contributed by atoms with Gasteiger partial charge in [-0.15, -0.1) is 0 Å². The molecule has 0 atom stereocenters. The third-order valence-electron chi connectivity index (χ3n) is 1.64. The van der Waals surface area contributed by atoms with Crippen LogP contribution < -0.4 is 4.89 Å². The van der Waals surface area contributed by atoms with E-state index in [9.17, 15) is 13.2 Å². The molecule has 1 aromatic carbocycles. The van der Waals surface area contributed by atoms with Crippen LogP contribution in [0.25, 0.3) is 0 Å². The zero-order valence-electron chi connectivity index (χ0n) is 7.44. The molecule has 0 heterocycles. The summed E-state index contributed by atoms with van der Waals surface area (Å²) < 4.78 is 22.5. The van der Waals surface area contributed by atoms with Crippen LogP contribution in [-0.4, -0.2) is 24.7 Å². The molecule has 0 aromatic heterocycles. The van der Waals surface area contributed by atoms with Crippen molar-refractivity contribution < 1.29 is 23.5 Å². The monoisotopic (exact) mass is 285 g/mol. The Labute approximate surface area is 100 Å². The number of carboxylic acids is 1. The van der Waals surface area contributed by atoms with Crippen molar-refractivity contribution in [1.82, 2.24) is 4.89 Å². The first-order valence-electron chi connectivity index (χ1n) is 3.68. The van der Waals surface area contributed by atoms with Crippen LogP contribution in [0.5, 0.6) is 0 Å². The highest BCUT2D eigenvalue weighted by Crippen LogP contribution is 2.29.